The second-order valence-electron chi connectivity index (χ2n) is 6.92. The predicted molar refractivity (Wildman–Crippen MR) is 115 cm³/mol. The number of rotatable bonds is 8. The molecule has 2 aromatic rings. The van der Waals surface area contributed by atoms with Gasteiger partial charge in [0.05, 0.1) is 11.9 Å². The van der Waals surface area contributed by atoms with Crippen LogP contribution in [-0.4, -0.2) is 33.2 Å². The fourth-order valence-electron chi connectivity index (χ4n) is 3.02. The molecule has 1 amide bonds. The average Bonchev–Trinajstić information content (AvgIpc) is 2.62. The molecule has 0 heterocycles. The minimum atomic E-state index is -3.63. The van der Waals surface area contributed by atoms with Gasteiger partial charge in [-0.15, -0.1) is 0 Å². The Bertz CT molecular complexity index is 927. The van der Waals surface area contributed by atoms with Gasteiger partial charge in [0.1, 0.15) is 6.04 Å². The first-order valence-electron chi connectivity index (χ1n) is 9.22. The molecule has 0 aliphatic carbocycles. The Morgan fingerprint density at radius 2 is 1.75 bits per heavy atom. The molecule has 0 radical (unpaired) electrons. The summed E-state index contributed by atoms with van der Waals surface area (Å²) in [6, 6.07) is 12.0. The van der Waals surface area contributed by atoms with Gasteiger partial charge in [-0.3, -0.25) is 9.10 Å². The summed E-state index contributed by atoms with van der Waals surface area (Å²) < 4.78 is 26.2. The van der Waals surface area contributed by atoms with Gasteiger partial charge in [0.25, 0.3) is 0 Å². The molecule has 0 fully saturated rings. The monoisotopic (exact) mass is 422 g/mol. The summed E-state index contributed by atoms with van der Waals surface area (Å²) in [5.41, 5.74) is 3.60. The van der Waals surface area contributed by atoms with E-state index in [1.807, 2.05) is 39.0 Å². The Morgan fingerprint density at radius 3 is 2.29 bits per heavy atom. The number of halogens is 1. The van der Waals surface area contributed by atoms with Crippen molar-refractivity contribution in [1.29, 1.82) is 0 Å². The second-order valence-corrected chi connectivity index (χ2v) is 9.21. The van der Waals surface area contributed by atoms with E-state index in [2.05, 4.69) is 5.32 Å². The van der Waals surface area contributed by atoms with E-state index in [4.69, 9.17) is 11.6 Å². The Labute approximate surface area is 172 Å². The van der Waals surface area contributed by atoms with E-state index in [0.717, 1.165) is 22.9 Å². The molecule has 0 aliphatic rings. The summed E-state index contributed by atoms with van der Waals surface area (Å²) in [5, 5.41) is 3.53. The molecule has 0 saturated carbocycles. The van der Waals surface area contributed by atoms with Gasteiger partial charge in [0, 0.05) is 11.6 Å². The van der Waals surface area contributed by atoms with Crippen LogP contribution in [0.2, 0.25) is 5.02 Å². The SMILES string of the molecule is CC[C@@H](C(=O)NCCc1ccc(Cl)cc1)N(c1ccc(C)c(C)c1)S(C)(=O)=O. The number of anilines is 1. The maximum Gasteiger partial charge on any atom is 0.243 e. The van der Waals surface area contributed by atoms with E-state index in [1.165, 1.54) is 4.31 Å². The van der Waals surface area contributed by atoms with Crippen LogP contribution >= 0.6 is 11.6 Å². The van der Waals surface area contributed by atoms with Crippen molar-refractivity contribution in [3.8, 4) is 0 Å². The van der Waals surface area contributed by atoms with Crippen molar-refractivity contribution in [3.63, 3.8) is 0 Å². The number of carbonyl (C=O) groups is 1. The maximum absolute atomic E-state index is 12.8. The van der Waals surface area contributed by atoms with Gasteiger partial charge >= 0.3 is 0 Å². The third kappa shape index (κ3) is 5.72. The highest BCUT2D eigenvalue weighted by molar-refractivity contribution is 7.92. The molecule has 0 aliphatic heterocycles. The standard InChI is InChI=1S/C21H27ClN2O3S/c1-5-20(21(25)23-13-12-17-7-9-18(22)10-8-17)24(28(4,26)27)19-11-6-15(2)16(3)14-19/h6-11,14,20H,5,12-13H2,1-4H3,(H,23,25)/t20-/m0/s1. The van der Waals surface area contributed by atoms with Crippen molar-refractivity contribution in [3.05, 3.63) is 64.2 Å². The summed E-state index contributed by atoms with van der Waals surface area (Å²) >= 11 is 5.88. The number of carbonyl (C=O) groups excluding carboxylic acids is 1. The molecule has 0 spiro atoms. The Balaban J connectivity index is 2.16. The van der Waals surface area contributed by atoms with Crippen LogP contribution < -0.4 is 9.62 Å². The smallest absolute Gasteiger partial charge is 0.243 e. The van der Waals surface area contributed by atoms with Crippen LogP contribution in [0.15, 0.2) is 42.5 Å². The lowest BCUT2D eigenvalue weighted by molar-refractivity contribution is -0.122. The minimum absolute atomic E-state index is 0.305. The number of aryl methyl sites for hydroxylation is 2. The Kier molecular flexibility index (Phi) is 7.49. The molecule has 5 nitrogen and oxygen atoms in total. The molecule has 1 atom stereocenters. The van der Waals surface area contributed by atoms with Gasteiger partial charge in [0.2, 0.25) is 15.9 Å². The fourth-order valence-corrected chi connectivity index (χ4v) is 4.35. The van der Waals surface area contributed by atoms with Crippen LogP contribution in [0, 0.1) is 13.8 Å². The van der Waals surface area contributed by atoms with E-state index in [-0.39, 0.29) is 5.91 Å². The van der Waals surface area contributed by atoms with Crippen molar-refractivity contribution in [1.82, 2.24) is 5.32 Å². The number of amides is 1. The average molecular weight is 423 g/mol. The molecule has 2 rings (SSSR count). The predicted octanol–water partition coefficient (Wildman–Crippen LogP) is 3.86. The van der Waals surface area contributed by atoms with Gasteiger partial charge in [-0.1, -0.05) is 36.7 Å². The second kappa shape index (κ2) is 9.43. The highest BCUT2D eigenvalue weighted by atomic mass is 35.5. The fraction of sp³-hybridized carbons (Fsp3) is 0.381. The molecular formula is C21H27ClN2O3S. The first-order chi connectivity index (χ1) is 13.1. The molecule has 2 aromatic carbocycles. The first kappa shape index (κ1) is 22.2. The van der Waals surface area contributed by atoms with Crippen molar-refractivity contribution in [2.24, 2.45) is 0 Å². The number of nitrogens with one attached hydrogen (secondary N) is 1. The van der Waals surface area contributed by atoms with E-state index in [0.29, 0.717) is 30.1 Å². The number of sulfonamides is 1. The van der Waals surface area contributed by atoms with Gasteiger partial charge < -0.3 is 5.32 Å². The Hall–Kier alpha value is -2.05. The van der Waals surface area contributed by atoms with Crippen molar-refractivity contribution in [2.75, 3.05) is 17.1 Å². The zero-order valence-electron chi connectivity index (χ0n) is 16.7. The molecule has 7 heteroatoms. The Morgan fingerprint density at radius 1 is 1.11 bits per heavy atom. The zero-order valence-corrected chi connectivity index (χ0v) is 18.3. The van der Waals surface area contributed by atoms with Crippen LogP contribution in [-0.2, 0) is 21.2 Å². The quantitative estimate of drug-likeness (QED) is 0.702. The zero-order chi connectivity index (χ0) is 20.9. The van der Waals surface area contributed by atoms with Crippen LogP contribution in [0.3, 0.4) is 0 Å². The van der Waals surface area contributed by atoms with Gasteiger partial charge in [-0.25, -0.2) is 8.42 Å². The molecule has 0 unspecified atom stereocenters. The number of nitrogens with zero attached hydrogens (tertiary/aromatic N) is 1. The van der Waals surface area contributed by atoms with E-state index < -0.39 is 16.1 Å². The lowest BCUT2D eigenvalue weighted by Crippen LogP contribution is -2.49. The summed E-state index contributed by atoms with van der Waals surface area (Å²) in [4.78, 5) is 12.8. The summed E-state index contributed by atoms with van der Waals surface area (Å²) in [5.74, 6) is -0.305. The van der Waals surface area contributed by atoms with Crippen molar-refractivity contribution >= 4 is 33.2 Å². The van der Waals surface area contributed by atoms with Crippen molar-refractivity contribution in [2.45, 2.75) is 39.7 Å². The lowest BCUT2D eigenvalue weighted by atomic mass is 10.1. The molecular weight excluding hydrogens is 396 g/mol. The van der Waals surface area contributed by atoms with Gasteiger partial charge in [-0.2, -0.15) is 0 Å². The molecule has 28 heavy (non-hydrogen) atoms. The summed E-state index contributed by atoms with van der Waals surface area (Å²) in [6.07, 6.45) is 2.14. The third-order valence-electron chi connectivity index (χ3n) is 4.70. The molecule has 0 aromatic heterocycles. The topological polar surface area (TPSA) is 66.5 Å². The van der Waals surface area contributed by atoms with Gasteiger partial charge in [-0.05, 0) is 67.6 Å². The highest BCUT2D eigenvalue weighted by Gasteiger charge is 2.31. The van der Waals surface area contributed by atoms with E-state index >= 15 is 0 Å². The molecule has 1 N–H and O–H groups in total. The van der Waals surface area contributed by atoms with Crippen LogP contribution in [0.4, 0.5) is 5.69 Å². The van der Waals surface area contributed by atoms with Crippen LogP contribution in [0.25, 0.3) is 0 Å². The molecule has 152 valence electrons. The lowest BCUT2D eigenvalue weighted by Gasteiger charge is -2.30. The largest absolute Gasteiger partial charge is 0.354 e. The number of benzene rings is 2. The van der Waals surface area contributed by atoms with Crippen LogP contribution in [0.5, 0.6) is 0 Å². The van der Waals surface area contributed by atoms with Gasteiger partial charge in [0.15, 0.2) is 0 Å². The first-order valence-corrected chi connectivity index (χ1v) is 11.4. The molecule has 0 saturated heterocycles. The minimum Gasteiger partial charge on any atom is -0.354 e. The summed E-state index contributed by atoms with van der Waals surface area (Å²) in [6.45, 7) is 6.11. The van der Waals surface area contributed by atoms with E-state index in [1.54, 1.807) is 24.3 Å². The third-order valence-corrected chi connectivity index (χ3v) is 6.13. The van der Waals surface area contributed by atoms with Crippen LogP contribution in [0.1, 0.15) is 30.0 Å². The van der Waals surface area contributed by atoms with Crippen molar-refractivity contribution < 1.29 is 13.2 Å². The van der Waals surface area contributed by atoms with E-state index in [9.17, 15) is 13.2 Å². The molecule has 0 bridgehead atoms. The number of hydrogen-bond donors (Lipinski definition) is 1. The number of hydrogen-bond acceptors (Lipinski definition) is 3. The summed E-state index contributed by atoms with van der Waals surface area (Å²) in [7, 11) is -3.63. The maximum atomic E-state index is 12.8. The highest BCUT2D eigenvalue weighted by Crippen LogP contribution is 2.25. The normalized spacial score (nSPS) is 12.5.